The molecule has 0 radical (unpaired) electrons. The second-order valence-corrected chi connectivity index (χ2v) is 4.75. The summed E-state index contributed by atoms with van der Waals surface area (Å²) in [5, 5.41) is 0. The van der Waals surface area contributed by atoms with Gasteiger partial charge in [-0.05, 0) is 24.8 Å². The third kappa shape index (κ3) is 6.19. The highest BCUT2D eigenvalue weighted by Crippen LogP contribution is 2.09. The van der Waals surface area contributed by atoms with Crippen molar-refractivity contribution < 1.29 is 0 Å². The second kappa shape index (κ2) is 8.66. The van der Waals surface area contributed by atoms with Crippen LogP contribution in [0.4, 0.5) is 0 Å². The van der Waals surface area contributed by atoms with Crippen molar-refractivity contribution in [2.75, 3.05) is 5.75 Å². The summed E-state index contributed by atoms with van der Waals surface area (Å²) in [5.74, 6) is 0.810. The molecule has 1 atom stereocenters. The van der Waals surface area contributed by atoms with Gasteiger partial charge in [0.25, 0.3) is 0 Å². The molecule has 2 N–H and O–H groups in total. The molecular formula is C14H23NS. The summed E-state index contributed by atoms with van der Waals surface area (Å²) in [5.41, 5.74) is 7.26. The lowest BCUT2D eigenvalue weighted by Gasteiger charge is -2.07. The molecular weight excluding hydrogens is 214 g/mol. The molecule has 0 fully saturated rings. The second-order valence-electron chi connectivity index (χ2n) is 4.38. The van der Waals surface area contributed by atoms with Gasteiger partial charge < -0.3 is 5.73 Å². The maximum absolute atomic E-state index is 5.80. The van der Waals surface area contributed by atoms with E-state index in [1.54, 1.807) is 0 Å². The molecule has 1 aromatic rings. The number of thiol groups is 1. The van der Waals surface area contributed by atoms with Crippen molar-refractivity contribution in [1.82, 2.24) is 0 Å². The molecule has 0 spiro atoms. The summed E-state index contributed by atoms with van der Waals surface area (Å²) in [7, 11) is 0. The number of aryl methyl sites for hydroxylation is 1. The first kappa shape index (κ1) is 13.6. The summed E-state index contributed by atoms with van der Waals surface area (Å²) >= 11 is 4.18. The molecule has 1 aromatic carbocycles. The van der Waals surface area contributed by atoms with Crippen molar-refractivity contribution >= 4 is 12.6 Å². The molecule has 0 unspecified atom stereocenters. The molecule has 0 aliphatic heterocycles. The normalized spacial score (nSPS) is 12.6. The van der Waals surface area contributed by atoms with Crippen LogP contribution >= 0.6 is 12.6 Å². The predicted molar refractivity (Wildman–Crippen MR) is 75.1 cm³/mol. The molecule has 0 saturated carbocycles. The molecule has 90 valence electrons. The third-order valence-electron chi connectivity index (χ3n) is 2.87. The first-order valence-corrected chi connectivity index (χ1v) is 6.86. The number of unbranched alkanes of at least 4 members (excludes halogenated alkanes) is 3. The van der Waals surface area contributed by atoms with Gasteiger partial charge in [0.1, 0.15) is 0 Å². The molecule has 1 rings (SSSR count). The van der Waals surface area contributed by atoms with Crippen LogP contribution in [0.1, 0.15) is 37.7 Å². The van der Waals surface area contributed by atoms with E-state index in [-0.39, 0.29) is 6.04 Å². The van der Waals surface area contributed by atoms with Crippen molar-refractivity contribution in [1.29, 1.82) is 0 Å². The number of hydrogen-bond donors (Lipinski definition) is 2. The molecule has 0 saturated heterocycles. The van der Waals surface area contributed by atoms with E-state index < -0.39 is 0 Å². The Kier molecular flexibility index (Phi) is 7.35. The molecule has 2 heteroatoms. The highest BCUT2D eigenvalue weighted by Gasteiger charge is 1.98. The minimum Gasteiger partial charge on any atom is -0.327 e. The van der Waals surface area contributed by atoms with E-state index in [0.717, 1.165) is 12.2 Å². The van der Waals surface area contributed by atoms with Crippen LogP contribution < -0.4 is 5.73 Å². The first-order chi connectivity index (χ1) is 7.83. The smallest absolute Gasteiger partial charge is 0.0127 e. The van der Waals surface area contributed by atoms with Crippen molar-refractivity contribution in [3.63, 3.8) is 0 Å². The highest BCUT2D eigenvalue weighted by molar-refractivity contribution is 7.80. The fraction of sp³-hybridized carbons (Fsp3) is 0.571. The van der Waals surface area contributed by atoms with Gasteiger partial charge in [-0.3, -0.25) is 0 Å². The largest absolute Gasteiger partial charge is 0.327 e. The fourth-order valence-electron chi connectivity index (χ4n) is 1.83. The zero-order chi connectivity index (χ0) is 11.6. The Bertz CT molecular complexity index is 261. The molecule has 0 aromatic heterocycles. The van der Waals surface area contributed by atoms with Crippen LogP contribution in [0.3, 0.4) is 0 Å². The van der Waals surface area contributed by atoms with Crippen LogP contribution in [0.2, 0.25) is 0 Å². The SMILES string of the molecule is N[C@@H](CS)CCCCCCc1ccccc1. The summed E-state index contributed by atoms with van der Waals surface area (Å²) in [4.78, 5) is 0. The first-order valence-electron chi connectivity index (χ1n) is 6.23. The van der Waals surface area contributed by atoms with E-state index in [4.69, 9.17) is 5.73 Å². The summed E-state index contributed by atoms with van der Waals surface area (Å²) in [6.45, 7) is 0. The Labute approximate surface area is 105 Å². The maximum atomic E-state index is 5.80. The zero-order valence-corrected chi connectivity index (χ0v) is 10.8. The number of benzene rings is 1. The van der Waals surface area contributed by atoms with Crippen molar-refractivity contribution in [3.8, 4) is 0 Å². The Morgan fingerprint density at radius 1 is 1.00 bits per heavy atom. The standard InChI is InChI=1S/C14H23NS/c15-14(12-16)11-7-2-1-4-8-13-9-5-3-6-10-13/h3,5-6,9-10,14,16H,1-2,4,7-8,11-12,15H2/t14-/m1/s1. The van der Waals surface area contributed by atoms with Gasteiger partial charge in [0.05, 0.1) is 0 Å². The zero-order valence-electron chi connectivity index (χ0n) is 9.94. The Balaban J connectivity index is 1.96. The number of rotatable bonds is 8. The van der Waals surface area contributed by atoms with Crippen molar-refractivity contribution in [2.24, 2.45) is 5.73 Å². The summed E-state index contributed by atoms with van der Waals surface area (Å²) in [6, 6.07) is 11.0. The molecule has 0 bridgehead atoms. The molecule has 0 heterocycles. The number of hydrogen-bond acceptors (Lipinski definition) is 2. The van der Waals surface area contributed by atoms with Gasteiger partial charge in [-0.15, -0.1) is 0 Å². The van der Waals surface area contributed by atoms with Crippen LogP contribution in [-0.2, 0) is 6.42 Å². The topological polar surface area (TPSA) is 26.0 Å². The quantitative estimate of drug-likeness (QED) is 0.526. The minimum atomic E-state index is 0.289. The fourth-order valence-corrected chi connectivity index (χ4v) is 2.01. The van der Waals surface area contributed by atoms with E-state index in [1.165, 1.54) is 37.7 Å². The maximum Gasteiger partial charge on any atom is 0.0127 e. The van der Waals surface area contributed by atoms with E-state index in [0.29, 0.717) is 0 Å². The Hall–Kier alpha value is -0.470. The molecule has 0 amide bonds. The average Bonchev–Trinajstić information content (AvgIpc) is 2.34. The van der Waals surface area contributed by atoms with Gasteiger partial charge in [-0.1, -0.05) is 49.6 Å². The van der Waals surface area contributed by atoms with Crippen LogP contribution in [0.25, 0.3) is 0 Å². The van der Waals surface area contributed by atoms with Crippen LogP contribution in [0.15, 0.2) is 30.3 Å². The van der Waals surface area contributed by atoms with E-state index in [2.05, 4.69) is 43.0 Å². The third-order valence-corrected chi connectivity index (χ3v) is 3.34. The lowest BCUT2D eigenvalue weighted by atomic mass is 10.0. The van der Waals surface area contributed by atoms with Gasteiger partial charge in [0.15, 0.2) is 0 Å². The van der Waals surface area contributed by atoms with Crippen LogP contribution in [0.5, 0.6) is 0 Å². The molecule has 16 heavy (non-hydrogen) atoms. The van der Waals surface area contributed by atoms with Gasteiger partial charge in [0.2, 0.25) is 0 Å². The van der Waals surface area contributed by atoms with Gasteiger partial charge in [-0.25, -0.2) is 0 Å². The van der Waals surface area contributed by atoms with Crippen molar-refractivity contribution in [3.05, 3.63) is 35.9 Å². The highest BCUT2D eigenvalue weighted by atomic mass is 32.1. The van der Waals surface area contributed by atoms with E-state index in [9.17, 15) is 0 Å². The van der Waals surface area contributed by atoms with Gasteiger partial charge >= 0.3 is 0 Å². The van der Waals surface area contributed by atoms with Crippen molar-refractivity contribution in [2.45, 2.75) is 44.6 Å². The lowest BCUT2D eigenvalue weighted by molar-refractivity contribution is 0.570. The van der Waals surface area contributed by atoms with Crippen LogP contribution in [-0.4, -0.2) is 11.8 Å². The molecule has 0 aliphatic rings. The summed E-state index contributed by atoms with van der Waals surface area (Å²) in [6.07, 6.45) is 7.48. The summed E-state index contributed by atoms with van der Waals surface area (Å²) < 4.78 is 0. The monoisotopic (exact) mass is 237 g/mol. The van der Waals surface area contributed by atoms with Crippen LogP contribution in [0, 0.1) is 0 Å². The number of nitrogens with two attached hydrogens (primary N) is 1. The Morgan fingerprint density at radius 2 is 1.69 bits per heavy atom. The lowest BCUT2D eigenvalue weighted by Crippen LogP contribution is -2.21. The van der Waals surface area contributed by atoms with E-state index >= 15 is 0 Å². The van der Waals surface area contributed by atoms with Gasteiger partial charge in [0, 0.05) is 11.8 Å². The molecule has 0 aliphatic carbocycles. The predicted octanol–water partition coefficient (Wildman–Crippen LogP) is 3.44. The molecule has 1 nitrogen and oxygen atoms in total. The minimum absolute atomic E-state index is 0.289. The average molecular weight is 237 g/mol. The Morgan fingerprint density at radius 3 is 2.38 bits per heavy atom. The van der Waals surface area contributed by atoms with Gasteiger partial charge in [-0.2, -0.15) is 12.6 Å². The van der Waals surface area contributed by atoms with E-state index in [1.807, 2.05) is 0 Å².